The first-order valence-corrected chi connectivity index (χ1v) is 19.4. The molecule has 57 heavy (non-hydrogen) atoms. The normalized spacial score (nSPS) is 22.2. The van der Waals surface area contributed by atoms with Crippen LogP contribution in [0.4, 0.5) is 13.2 Å². The number of para-hydroxylation sites is 1. The molecule has 0 unspecified atom stereocenters. The molecule has 2 aromatic heterocycles. The number of aliphatic hydroxyl groups excluding tert-OH is 1. The maximum Gasteiger partial charge on any atom is 0.405 e. The van der Waals surface area contributed by atoms with Gasteiger partial charge in [0.25, 0.3) is 0 Å². The van der Waals surface area contributed by atoms with Gasteiger partial charge < -0.3 is 24.8 Å². The Labute approximate surface area is 330 Å². The number of benzene rings is 2. The van der Waals surface area contributed by atoms with E-state index in [0.717, 1.165) is 16.8 Å². The number of aliphatic hydroxyl groups is 1. The van der Waals surface area contributed by atoms with E-state index < -0.39 is 54.0 Å². The number of halogens is 3. The summed E-state index contributed by atoms with van der Waals surface area (Å²) in [5.41, 5.74) is 1.55. The van der Waals surface area contributed by atoms with Crippen molar-refractivity contribution in [2.24, 2.45) is 5.92 Å². The monoisotopic (exact) mass is 789 g/mol. The third-order valence-corrected chi connectivity index (χ3v) is 11.4. The number of fused-ring (bicyclic) bond motifs is 3. The van der Waals surface area contributed by atoms with Gasteiger partial charge >= 0.3 is 6.18 Å². The first kappa shape index (κ1) is 40.4. The van der Waals surface area contributed by atoms with E-state index in [-0.39, 0.29) is 44.7 Å². The predicted molar refractivity (Wildman–Crippen MR) is 205 cm³/mol. The van der Waals surface area contributed by atoms with Crippen molar-refractivity contribution in [3.05, 3.63) is 108 Å². The molecular weight excluding hydrogens is 740 g/mol. The zero-order chi connectivity index (χ0) is 40.5. The van der Waals surface area contributed by atoms with E-state index in [4.69, 9.17) is 14.6 Å². The van der Waals surface area contributed by atoms with Gasteiger partial charge in [0.15, 0.2) is 0 Å². The zero-order valence-corrected chi connectivity index (χ0v) is 32.6. The fourth-order valence-corrected chi connectivity index (χ4v) is 8.47. The van der Waals surface area contributed by atoms with Crippen LogP contribution in [0.3, 0.4) is 0 Å². The van der Waals surface area contributed by atoms with E-state index in [1.807, 2.05) is 112 Å². The molecule has 7 rings (SSSR count). The highest BCUT2D eigenvalue weighted by molar-refractivity contribution is 5.82. The van der Waals surface area contributed by atoms with Gasteiger partial charge in [-0.1, -0.05) is 48.5 Å². The number of aromatic nitrogens is 3. The van der Waals surface area contributed by atoms with Crippen LogP contribution in [0, 0.1) is 5.92 Å². The number of amides is 2. The van der Waals surface area contributed by atoms with E-state index in [1.165, 1.54) is 0 Å². The molecule has 15 heteroatoms. The lowest BCUT2D eigenvalue weighted by Gasteiger charge is -2.47. The summed E-state index contributed by atoms with van der Waals surface area (Å²) in [6, 6.07) is 21.3. The summed E-state index contributed by atoms with van der Waals surface area (Å²) in [7, 11) is 0. The Balaban J connectivity index is 1.12. The molecule has 0 radical (unpaired) electrons. The predicted octanol–water partition coefficient (Wildman–Crippen LogP) is 4.87. The number of rotatable bonds is 12. The van der Waals surface area contributed by atoms with Gasteiger partial charge in [-0.2, -0.15) is 18.3 Å². The first-order valence-electron chi connectivity index (χ1n) is 19.4. The Morgan fingerprint density at radius 1 is 1.02 bits per heavy atom. The maximum absolute atomic E-state index is 14.9. The minimum Gasteiger partial charge on any atom is -0.490 e. The second-order valence-corrected chi connectivity index (χ2v) is 16.1. The van der Waals surface area contributed by atoms with Crippen LogP contribution in [0.25, 0.3) is 5.69 Å². The van der Waals surface area contributed by atoms with Crippen LogP contribution < -0.4 is 10.1 Å². The average molecular weight is 790 g/mol. The summed E-state index contributed by atoms with van der Waals surface area (Å²) in [6.07, 6.45) is -0.531. The van der Waals surface area contributed by atoms with Gasteiger partial charge in [0, 0.05) is 50.1 Å². The Bertz CT molecular complexity index is 2010. The molecule has 2 N–H and O–H groups in total. The van der Waals surface area contributed by atoms with Crippen LogP contribution in [0.2, 0.25) is 0 Å². The summed E-state index contributed by atoms with van der Waals surface area (Å²) >= 11 is 0. The van der Waals surface area contributed by atoms with Crippen LogP contribution in [-0.4, -0.2) is 116 Å². The van der Waals surface area contributed by atoms with Crippen LogP contribution in [0.15, 0.2) is 91.4 Å². The van der Waals surface area contributed by atoms with Gasteiger partial charge in [-0.05, 0) is 70.4 Å². The van der Waals surface area contributed by atoms with Gasteiger partial charge in [-0.3, -0.25) is 24.4 Å². The fraction of sp³-hybridized carbons (Fsp3) is 0.476. The molecule has 2 amide bonds. The molecular formula is C42H50F3N7O5. The molecule has 12 nitrogen and oxygen atoms in total. The highest BCUT2D eigenvalue weighted by Gasteiger charge is 2.54. The Morgan fingerprint density at radius 3 is 2.51 bits per heavy atom. The molecule has 2 saturated heterocycles. The summed E-state index contributed by atoms with van der Waals surface area (Å²) in [5, 5.41) is 18.7. The number of nitrogens with one attached hydrogen (secondary N) is 1. The van der Waals surface area contributed by atoms with Gasteiger partial charge in [0.1, 0.15) is 36.8 Å². The summed E-state index contributed by atoms with van der Waals surface area (Å²) in [4.78, 5) is 38.2. The average Bonchev–Trinajstić information content (AvgIpc) is 3.80. The zero-order valence-electron chi connectivity index (χ0n) is 32.6. The second kappa shape index (κ2) is 16.2. The van der Waals surface area contributed by atoms with Crippen molar-refractivity contribution in [1.82, 2.24) is 34.8 Å². The number of hydrogen-bond donors (Lipinski definition) is 2. The van der Waals surface area contributed by atoms with Gasteiger partial charge in [-0.25, -0.2) is 4.68 Å². The maximum atomic E-state index is 14.9. The number of nitrogens with zero attached hydrogens (tertiary/aromatic N) is 6. The fourth-order valence-electron chi connectivity index (χ4n) is 8.47. The molecule has 2 fully saturated rings. The Kier molecular flexibility index (Phi) is 11.5. The quantitative estimate of drug-likeness (QED) is 0.207. The van der Waals surface area contributed by atoms with E-state index in [0.29, 0.717) is 24.4 Å². The number of alkyl halides is 3. The van der Waals surface area contributed by atoms with Crippen molar-refractivity contribution >= 4 is 11.8 Å². The van der Waals surface area contributed by atoms with Crippen molar-refractivity contribution in [3.8, 4) is 11.4 Å². The van der Waals surface area contributed by atoms with E-state index in [1.54, 1.807) is 26.9 Å². The minimum absolute atomic E-state index is 0.0325. The third-order valence-electron chi connectivity index (χ3n) is 11.4. The van der Waals surface area contributed by atoms with Crippen molar-refractivity contribution < 1.29 is 37.3 Å². The standard InChI is InChI=1S/C42H50F3N7O5/c1-40(2,36-16-18-51(48-36)30-13-10-17-46-23-30)50-20-19-49(33(25-50)38(54)47-27-42(43,44)45)24-31(53)22-29(21-28-11-6-5-7-12-28)39(55)52-37-32-14-8-9-15-34(32)56-26-35(37)57-41(52,3)4/h5-18,23,29,31,33,35,37,53H,19-22,24-27H2,1-4H3,(H,47,54)/t29-,31+,33+,35-,37+/m1/s1. The van der Waals surface area contributed by atoms with Crippen LogP contribution in [-0.2, 0) is 26.3 Å². The summed E-state index contributed by atoms with van der Waals surface area (Å²) in [5.74, 6) is -0.981. The van der Waals surface area contributed by atoms with E-state index in [9.17, 15) is 27.9 Å². The Morgan fingerprint density at radius 2 is 1.77 bits per heavy atom. The molecule has 2 aromatic carbocycles. The number of piperazine rings is 1. The van der Waals surface area contributed by atoms with Crippen molar-refractivity contribution in [2.75, 3.05) is 39.3 Å². The minimum atomic E-state index is -4.60. The number of ether oxygens (including phenoxy) is 2. The molecule has 5 heterocycles. The van der Waals surface area contributed by atoms with Gasteiger partial charge in [-0.15, -0.1) is 0 Å². The first-order chi connectivity index (χ1) is 27.1. The topological polar surface area (TPSA) is 125 Å². The lowest BCUT2D eigenvalue weighted by Crippen LogP contribution is -2.63. The Hall–Kier alpha value is -4.83. The number of carbonyl (C=O) groups is 2. The largest absolute Gasteiger partial charge is 0.490 e. The molecule has 0 saturated carbocycles. The SMILES string of the molecule is CC1(C)O[C@@H]2COc3ccccc3[C@@H]2N1C(=O)[C@H](Cc1ccccc1)C[C@H](O)CN1CCN(C(C)(C)c2ccn(-c3cccnc3)n2)C[C@H]1C(=O)NCC(F)(F)F. The number of β-amino-alcohol motifs (C(OH)–C–C–N with tert-alkyl or cyclic N) is 1. The lowest BCUT2D eigenvalue weighted by molar-refractivity contribution is -0.153. The molecule has 4 aromatic rings. The van der Waals surface area contributed by atoms with E-state index in [2.05, 4.69) is 10.3 Å². The van der Waals surface area contributed by atoms with Gasteiger partial charge in [0.2, 0.25) is 11.8 Å². The van der Waals surface area contributed by atoms with Crippen molar-refractivity contribution in [1.29, 1.82) is 0 Å². The number of pyridine rings is 1. The summed E-state index contributed by atoms with van der Waals surface area (Å²) < 4.78 is 54.1. The molecule has 304 valence electrons. The van der Waals surface area contributed by atoms with Crippen LogP contribution >= 0.6 is 0 Å². The molecule has 3 aliphatic heterocycles. The van der Waals surface area contributed by atoms with Crippen molar-refractivity contribution in [3.63, 3.8) is 0 Å². The van der Waals surface area contributed by atoms with Crippen LogP contribution in [0.5, 0.6) is 5.75 Å². The summed E-state index contributed by atoms with van der Waals surface area (Å²) in [6.45, 7) is 7.22. The highest BCUT2D eigenvalue weighted by Crippen LogP contribution is 2.48. The van der Waals surface area contributed by atoms with E-state index >= 15 is 0 Å². The molecule has 0 spiro atoms. The second-order valence-electron chi connectivity index (χ2n) is 16.1. The lowest BCUT2D eigenvalue weighted by atomic mass is 9.89. The molecule has 5 atom stereocenters. The smallest absolute Gasteiger partial charge is 0.405 e. The molecule has 0 bridgehead atoms. The van der Waals surface area contributed by atoms with Crippen molar-refractivity contribution in [2.45, 2.75) is 82.3 Å². The van der Waals surface area contributed by atoms with Crippen LogP contribution in [0.1, 0.15) is 57.0 Å². The highest BCUT2D eigenvalue weighted by atomic mass is 19.4. The number of carbonyl (C=O) groups excluding carboxylic acids is 2. The molecule has 0 aliphatic carbocycles. The third kappa shape index (κ3) is 8.86. The number of hydrogen-bond acceptors (Lipinski definition) is 9. The molecule has 3 aliphatic rings. The van der Waals surface area contributed by atoms with Gasteiger partial charge in [0.05, 0.1) is 35.3 Å².